The highest BCUT2D eigenvalue weighted by atomic mass is 15.4. The van der Waals surface area contributed by atoms with Crippen molar-refractivity contribution in [1.29, 1.82) is 0 Å². The molecular formula is C24H20N10. The van der Waals surface area contributed by atoms with E-state index in [9.17, 15) is 0 Å². The summed E-state index contributed by atoms with van der Waals surface area (Å²) in [5.41, 5.74) is 2.21. The SMILES string of the molecule is C(#Cn1ncc2ccccc21)c1ccnc(-c2ccnc(N3CCN(c4ncc[nH]4)CC3)n2)n1. The van der Waals surface area contributed by atoms with Crippen molar-refractivity contribution >= 4 is 22.8 Å². The summed E-state index contributed by atoms with van der Waals surface area (Å²) in [5.74, 6) is 5.14. The van der Waals surface area contributed by atoms with Gasteiger partial charge in [-0.05, 0) is 24.1 Å². The smallest absolute Gasteiger partial charge is 0.226 e. The molecular weight excluding hydrogens is 428 g/mol. The van der Waals surface area contributed by atoms with Crippen molar-refractivity contribution in [2.24, 2.45) is 0 Å². The van der Waals surface area contributed by atoms with Crippen LogP contribution in [0, 0.1) is 12.0 Å². The van der Waals surface area contributed by atoms with Gasteiger partial charge < -0.3 is 14.8 Å². The quantitative estimate of drug-likeness (QED) is 0.419. The molecule has 0 spiro atoms. The second-order valence-corrected chi connectivity index (χ2v) is 7.75. The normalized spacial score (nSPS) is 13.6. The Morgan fingerprint density at radius 1 is 0.824 bits per heavy atom. The second-order valence-electron chi connectivity index (χ2n) is 7.75. The lowest BCUT2D eigenvalue weighted by molar-refractivity contribution is 0.630. The average Bonchev–Trinajstić information content (AvgIpc) is 3.59. The Morgan fingerprint density at radius 3 is 2.56 bits per heavy atom. The molecule has 0 aliphatic carbocycles. The van der Waals surface area contributed by atoms with Gasteiger partial charge in [0.25, 0.3) is 0 Å². The second kappa shape index (κ2) is 8.63. The van der Waals surface area contributed by atoms with E-state index < -0.39 is 0 Å². The van der Waals surface area contributed by atoms with Crippen molar-refractivity contribution in [3.05, 3.63) is 73.1 Å². The van der Waals surface area contributed by atoms with Crippen LogP contribution >= 0.6 is 0 Å². The molecule has 1 aromatic carbocycles. The molecule has 166 valence electrons. The summed E-state index contributed by atoms with van der Waals surface area (Å²) >= 11 is 0. The molecule has 4 aromatic heterocycles. The average molecular weight is 448 g/mol. The molecule has 5 aromatic rings. The summed E-state index contributed by atoms with van der Waals surface area (Å²) < 4.78 is 1.66. The highest BCUT2D eigenvalue weighted by Gasteiger charge is 2.21. The first-order valence-electron chi connectivity index (χ1n) is 10.9. The van der Waals surface area contributed by atoms with Crippen LogP contribution in [-0.2, 0) is 0 Å². The van der Waals surface area contributed by atoms with Gasteiger partial charge in [0.2, 0.25) is 11.9 Å². The molecule has 0 bridgehead atoms. The van der Waals surface area contributed by atoms with Crippen molar-refractivity contribution in [3.63, 3.8) is 0 Å². The fourth-order valence-electron chi connectivity index (χ4n) is 3.90. The molecule has 1 saturated heterocycles. The molecule has 5 heterocycles. The van der Waals surface area contributed by atoms with Gasteiger partial charge in [0.15, 0.2) is 5.82 Å². The standard InChI is InChI=1S/C24H20N10/c1-2-4-21-18(3-1)17-29-34(21)12-7-19-5-8-25-22(30-19)20-6-9-26-24(31-20)33-15-13-32(14-16-33)23-27-10-11-28-23/h1-6,8-11,17H,13-16H2,(H,27,28). The predicted octanol–water partition coefficient (Wildman–Crippen LogP) is 2.19. The molecule has 10 heteroatoms. The number of piperazine rings is 1. The van der Waals surface area contributed by atoms with Crippen LogP contribution in [0.15, 0.2) is 67.4 Å². The lowest BCUT2D eigenvalue weighted by Crippen LogP contribution is -2.47. The van der Waals surface area contributed by atoms with Gasteiger partial charge in [0, 0.05) is 62.4 Å². The van der Waals surface area contributed by atoms with Gasteiger partial charge in [-0.2, -0.15) is 9.78 Å². The summed E-state index contributed by atoms with van der Waals surface area (Å²) in [5, 5.41) is 5.38. The van der Waals surface area contributed by atoms with Crippen molar-refractivity contribution in [2.75, 3.05) is 36.0 Å². The summed E-state index contributed by atoms with van der Waals surface area (Å²) in [6.45, 7) is 3.28. The highest BCUT2D eigenvalue weighted by Crippen LogP contribution is 2.18. The fourth-order valence-corrected chi connectivity index (χ4v) is 3.90. The lowest BCUT2D eigenvalue weighted by atomic mass is 10.3. The first-order chi connectivity index (χ1) is 16.8. The number of fused-ring (bicyclic) bond motifs is 1. The Balaban J connectivity index is 1.21. The Hall–Kier alpha value is -4.78. The Bertz CT molecular complexity index is 1490. The monoisotopic (exact) mass is 448 g/mol. The summed E-state index contributed by atoms with van der Waals surface area (Å²) in [7, 11) is 0. The van der Waals surface area contributed by atoms with Gasteiger partial charge in [-0.3, -0.25) is 0 Å². The van der Waals surface area contributed by atoms with Crippen LogP contribution in [0.4, 0.5) is 11.9 Å². The van der Waals surface area contributed by atoms with Gasteiger partial charge in [0.1, 0.15) is 11.4 Å². The third kappa shape index (κ3) is 3.91. The third-order valence-electron chi connectivity index (χ3n) is 5.64. The minimum Gasteiger partial charge on any atom is -0.339 e. The number of nitrogens with zero attached hydrogens (tertiary/aromatic N) is 9. The van der Waals surface area contributed by atoms with Crippen LogP contribution in [0.25, 0.3) is 22.4 Å². The van der Waals surface area contributed by atoms with Crippen LogP contribution < -0.4 is 9.80 Å². The van der Waals surface area contributed by atoms with E-state index in [1.807, 2.05) is 36.5 Å². The van der Waals surface area contributed by atoms with Crippen molar-refractivity contribution < 1.29 is 0 Å². The highest BCUT2D eigenvalue weighted by molar-refractivity contribution is 5.79. The van der Waals surface area contributed by atoms with Crippen LogP contribution in [0.5, 0.6) is 0 Å². The Labute approximate surface area is 195 Å². The topological polar surface area (TPSA) is 105 Å². The van der Waals surface area contributed by atoms with E-state index in [1.54, 1.807) is 35.5 Å². The number of hydrogen-bond acceptors (Lipinski definition) is 8. The molecule has 1 aliphatic heterocycles. The minimum absolute atomic E-state index is 0.509. The van der Waals surface area contributed by atoms with Gasteiger partial charge >= 0.3 is 0 Å². The largest absolute Gasteiger partial charge is 0.339 e. The zero-order valence-electron chi connectivity index (χ0n) is 18.2. The maximum Gasteiger partial charge on any atom is 0.226 e. The van der Waals surface area contributed by atoms with E-state index in [0.717, 1.165) is 43.0 Å². The zero-order valence-corrected chi connectivity index (χ0v) is 18.2. The molecule has 10 nitrogen and oxygen atoms in total. The number of nitrogens with one attached hydrogen (secondary N) is 1. The molecule has 0 radical (unpaired) electrons. The lowest BCUT2D eigenvalue weighted by Gasteiger charge is -2.34. The number of aromatic amines is 1. The van der Waals surface area contributed by atoms with Gasteiger partial charge in [0.05, 0.1) is 11.7 Å². The number of hydrogen-bond donors (Lipinski definition) is 1. The molecule has 0 saturated carbocycles. The van der Waals surface area contributed by atoms with E-state index in [0.29, 0.717) is 23.2 Å². The summed E-state index contributed by atoms with van der Waals surface area (Å²) in [4.78, 5) is 30.1. The Morgan fingerprint density at radius 2 is 1.68 bits per heavy atom. The fraction of sp³-hybridized carbons (Fsp3) is 0.167. The number of aromatic nitrogens is 8. The summed E-state index contributed by atoms with van der Waals surface area (Å²) in [6.07, 6.45) is 8.84. The van der Waals surface area contributed by atoms with E-state index in [2.05, 4.69) is 51.8 Å². The van der Waals surface area contributed by atoms with Crippen LogP contribution in [-0.4, -0.2) is 65.9 Å². The molecule has 0 amide bonds. The van der Waals surface area contributed by atoms with Crippen molar-refractivity contribution in [3.8, 4) is 23.5 Å². The van der Waals surface area contributed by atoms with E-state index in [-0.39, 0.29) is 0 Å². The van der Waals surface area contributed by atoms with Gasteiger partial charge in [-0.15, -0.1) is 0 Å². The first-order valence-corrected chi connectivity index (χ1v) is 10.9. The molecule has 0 atom stereocenters. The van der Waals surface area contributed by atoms with E-state index >= 15 is 0 Å². The van der Waals surface area contributed by atoms with Crippen molar-refractivity contribution in [1.82, 2.24) is 39.7 Å². The van der Waals surface area contributed by atoms with Crippen LogP contribution in [0.2, 0.25) is 0 Å². The number of rotatable bonds is 3. The minimum atomic E-state index is 0.509. The van der Waals surface area contributed by atoms with E-state index in [4.69, 9.17) is 4.98 Å². The molecule has 1 N–H and O–H groups in total. The Kier molecular flexibility index (Phi) is 5.04. The summed E-state index contributed by atoms with van der Waals surface area (Å²) in [6, 6.07) is 14.6. The molecule has 1 aliphatic rings. The maximum absolute atomic E-state index is 4.73. The number of H-pyrrole nitrogens is 1. The number of anilines is 2. The van der Waals surface area contributed by atoms with Crippen LogP contribution in [0.3, 0.4) is 0 Å². The number of benzene rings is 1. The molecule has 6 rings (SSSR count). The zero-order chi connectivity index (χ0) is 22.7. The number of imidazole rings is 1. The van der Waals surface area contributed by atoms with E-state index in [1.165, 1.54) is 0 Å². The van der Waals surface area contributed by atoms with Crippen molar-refractivity contribution in [2.45, 2.75) is 0 Å². The maximum atomic E-state index is 4.73. The molecule has 34 heavy (non-hydrogen) atoms. The predicted molar refractivity (Wildman–Crippen MR) is 128 cm³/mol. The van der Waals surface area contributed by atoms with Gasteiger partial charge in [-0.1, -0.05) is 18.2 Å². The number of para-hydroxylation sites is 1. The molecule has 0 unspecified atom stereocenters. The van der Waals surface area contributed by atoms with Crippen LogP contribution in [0.1, 0.15) is 5.69 Å². The first kappa shape index (κ1) is 19.9. The molecule has 1 fully saturated rings. The van der Waals surface area contributed by atoms with Gasteiger partial charge in [-0.25, -0.2) is 24.9 Å². The third-order valence-corrected chi connectivity index (χ3v) is 5.64.